The van der Waals surface area contributed by atoms with Gasteiger partial charge in [0.05, 0.1) is 17.9 Å². The number of urea groups is 1. The van der Waals surface area contributed by atoms with Crippen molar-refractivity contribution in [3.05, 3.63) is 36.0 Å². The molecule has 1 spiro atoms. The molecule has 42 heavy (non-hydrogen) atoms. The van der Waals surface area contributed by atoms with Crippen molar-refractivity contribution in [2.45, 2.75) is 64.7 Å². The highest BCUT2D eigenvalue weighted by molar-refractivity contribution is 6.24. The summed E-state index contributed by atoms with van der Waals surface area (Å²) in [6.45, 7) is 7.21. The molecule has 1 aliphatic heterocycles. The van der Waals surface area contributed by atoms with Gasteiger partial charge in [-0.15, -0.1) is 0 Å². The van der Waals surface area contributed by atoms with E-state index in [1.54, 1.807) is 36.2 Å². The summed E-state index contributed by atoms with van der Waals surface area (Å²) >= 11 is 0. The summed E-state index contributed by atoms with van der Waals surface area (Å²) in [5.74, 6) is -2.52. The molecule has 0 bridgehead atoms. The van der Waals surface area contributed by atoms with Crippen molar-refractivity contribution < 1.29 is 32.3 Å². The Hall–Kier alpha value is -4.23. The highest BCUT2D eigenvalue weighted by atomic mass is 19.4. The van der Waals surface area contributed by atoms with Crippen LogP contribution in [0.25, 0.3) is 0 Å². The van der Waals surface area contributed by atoms with E-state index in [-0.39, 0.29) is 42.1 Å². The van der Waals surface area contributed by atoms with Crippen molar-refractivity contribution in [3.63, 3.8) is 0 Å². The second-order valence-electron chi connectivity index (χ2n) is 10.3. The highest BCUT2D eigenvalue weighted by Gasteiger charge is 2.63. The summed E-state index contributed by atoms with van der Waals surface area (Å²) in [6.07, 6.45) is -2.61. The first kappa shape index (κ1) is 30.7. The molecule has 0 unspecified atom stereocenters. The van der Waals surface area contributed by atoms with E-state index in [2.05, 4.69) is 15.3 Å². The number of hydrogen-bond donors (Lipinski definition) is 1. The standard InChI is InChI=1S/C28H34F3N7O4/c1-6-36(7-2)25-32-16-21(37(8-3)24(41)28(29,30)31)22(34-25)33-20(17(4)39)15-18-9-11-19(12-10-18)38-23(40)27(13-14-27)35(5)26(38)42/h9-12,16,20H,6-8,13-15H2,1-5H3,(H,32,33,34)/t20-/m0/s1. The van der Waals surface area contributed by atoms with Gasteiger partial charge in [-0.05, 0) is 64.7 Å². The van der Waals surface area contributed by atoms with Gasteiger partial charge in [-0.2, -0.15) is 18.2 Å². The van der Waals surface area contributed by atoms with Gasteiger partial charge in [-0.3, -0.25) is 14.4 Å². The molecule has 1 saturated carbocycles. The molecule has 2 heterocycles. The molecule has 1 saturated heterocycles. The fourth-order valence-electron chi connectivity index (χ4n) is 5.05. The van der Waals surface area contributed by atoms with Gasteiger partial charge < -0.3 is 20.0 Å². The summed E-state index contributed by atoms with van der Waals surface area (Å²) in [5.41, 5.74) is 0.112. The molecule has 1 atom stereocenters. The molecule has 4 rings (SSSR count). The lowest BCUT2D eigenvalue weighted by molar-refractivity contribution is -0.170. The van der Waals surface area contributed by atoms with Gasteiger partial charge in [0.25, 0.3) is 5.91 Å². The predicted octanol–water partition coefficient (Wildman–Crippen LogP) is 3.78. The molecule has 1 N–H and O–H groups in total. The summed E-state index contributed by atoms with van der Waals surface area (Å²) < 4.78 is 40.2. The van der Waals surface area contributed by atoms with Crippen LogP contribution in [0.4, 0.5) is 41.1 Å². The average molecular weight is 590 g/mol. The SMILES string of the molecule is CCN(CC)c1ncc(N(CC)C(=O)C(F)(F)F)c(N[C@@H](Cc2ccc(N3C(=O)N(C)C4(CC4)C3=O)cc2)C(C)=O)n1. The number of carbonyl (C=O) groups is 4. The Kier molecular flexibility index (Phi) is 8.46. The van der Waals surface area contributed by atoms with Crippen molar-refractivity contribution in [1.82, 2.24) is 14.9 Å². The Balaban J connectivity index is 1.62. The maximum absolute atomic E-state index is 13.4. The Morgan fingerprint density at radius 3 is 2.17 bits per heavy atom. The summed E-state index contributed by atoms with van der Waals surface area (Å²) in [7, 11) is 1.61. The highest BCUT2D eigenvalue weighted by Crippen LogP contribution is 2.48. The minimum absolute atomic E-state index is 0.0887. The number of likely N-dealkylation sites (N-methyl/N-ethyl adjacent to an activating group) is 1. The molecule has 226 valence electrons. The molecule has 2 aromatic rings. The maximum atomic E-state index is 13.4. The molecular formula is C28H34F3N7O4. The molecule has 1 aromatic carbocycles. The smallest absolute Gasteiger partial charge is 0.358 e. The Morgan fingerprint density at radius 1 is 1.07 bits per heavy atom. The quantitative estimate of drug-likeness (QED) is 0.394. The molecule has 11 nitrogen and oxygen atoms in total. The number of aromatic nitrogens is 2. The Labute approximate surface area is 241 Å². The van der Waals surface area contributed by atoms with E-state index in [4.69, 9.17) is 0 Å². The minimum atomic E-state index is -5.13. The maximum Gasteiger partial charge on any atom is 0.471 e. The number of nitrogens with zero attached hydrogens (tertiary/aromatic N) is 6. The van der Waals surface area contributed by atoms with Gasteiger partial charge in [0.2, 0.25) is 5.95 Å². The third kappa shape index (κ3) is 5.61. The van der Waals surface area contributed by atoms with E-state index < -0.39 is 29.7 Å². The topological polar surface area (TPSA) is 119 Å². The number of amides is 4. The molecule has 1 aliphatic carbocycles. The number of alkyl halides is 3. The number of rotatable bonds is 11. The number of hydrogen-bond acceptors (Lipinski definition) is 8. The third-order valence-electron chi connectivity index (χ3n) is 7.78. The van der Waals surface area contributed by atoms with Gasteiger partial charge in [0.1, 0.15) is 11.2 Å². The summed E-state index contributed by atoms with van der Waals surface area (Å²) in [4.78, 5) is 64.1. The van der Waals surface area contributed by atoms with Crippen LogP contribution in [-0.2, 0) is 20.8 Å². The number of Topliss-reactive ketones (excluding diaryl/α,β-unsaturated/α-hetero) is 1. The van der Waals surface area contributed by atoms with Crippen LogP contribution in [0.5, 0.6) is 0 Å². The lowest BCUT2D eigenvalue weighted by atomic mass is 10.0. The number of carbonyl (C=O) groups excluding carboxylic acids is 4. The van der Waals surface area contributed by atoms with Crippen LogP contribution >= 0.6 is 0 Å². The van der Waals surface area contributed by atoms with Gasteiger partial charge >= 0.3 is 18.1 Å². The fourth-order valence-corrected chi connectivity index (χ4v) is 5.05. The summed E-state index contributed by atoms with van der Waals surface area (Å²) in [5, 5.41) is 2.95. The largest absolute Gasteiger partial charge is 0.471 e. The van der Waals surface area contributed by atoms with E-state index >= 15 is 0 Å². The number of nitrogens with one attached hydrogen (secondary N) is 1. The molecule has 14 heteroatoms. The first-order chi connectivity index (χ1) is 19.8. The lowest BCUT2D eigenvalue weighted by Gasteiger charge is -2.27. The first-order valence-corrected chi connectivity index (χ1v) is 13.8. The lowest BCUT2D eigenvalue weighted by Crippen LogP contribution is -2.42. The zero-order valence-corrected chi connectivity index (χ0v) is 24.2. The third-order valence-corrected chi connectivity index (χ3v) is 7.78. The van der Waals surface area contributed by atoms with Crippen LogP contribution in [0.3, 0.4) is 0 Å². The van der Waals surface area contributed by atoms with Crippen molar-refractivity contribution in [3.8, 4) is 0 Å². The molecule has 1 aromatic heterocycles. The normalized spacial score (nSPS) is 16.6. The molecule has 0 radical (unpaired) electrons. The average Bonchev–Trinajstić information content (AvgIpc) is 3.74. The van der Waals surface area contributed by atoms with Crippen LogP contribution in [0.2, 0.25) is 0 Å². The zero-order chi connectivity index (χ0) is 31.0. The number of benzene rings is 1. The van der Waals surface area contributed by atoms with Crippen molar-refractivity contribution in [2.24, 2.45) is 0 Å². The second kappa shape index (κ2) is 11.6. The molecule has 2 aliphatic rings. The van der Waals surface area contributed by atoms with Crippen LogP contribution in [-0.4, -0.2) is 82.9 Å². The van der Waals surface area contributed by atoms with Crippen LogP contribution in [0.15, 0.2) is 30.5 Å². The monoisotopic (exact) mass is 589 g/mol. The van der Waals surface area contributed by atoms with Gasteiger partial charge in [-0.1, -0.05) is 12.1 Å². The van der Waals surface area contributed by atoms with E-state index in [9.17, 15) is 32.3 Å². The second-order valence-corrected chi connectivity index (χ2v) is 10.3. The Bertz CT molecular complexity index is 1370. The number of imide groups is 1. The van der Waals surface area contributed by atoms with E-state index in [1.165, 1.54) is 18.7 Å². The fraction of sp³-hybridized carbons (Fsp3) is 0.500. The van der Waals surface area contributed by atoms with Crippen LogP contribution in [0, 0.1) is 0 Å². The first-order valence-electron chi connectivity index (χ1n) is 13.8. The van der Waals surface area contributed by atoms with Gasteiger partial charge in [0, 0.05) is 26.7 Å². The van der Waals surface area contributed by atoms with Gasteiger partial charge in [0.15, 0.2) is 11.6 Å². The summed E-state index contributed by atoms with van der Waals surface area (Å²) in [6, 6.07) is 5.27. The number of anilines is 4. The molecular weight excluding hydrogens is 555 g/mol. The van der Waals surface area contributed by atoms with Gasteiger partial charge in [-0.25, -0.2) is 14.7 Å². The molecule has 2 fully saturated rings. The van der Waals surface area contributed by atoms with Crippen molar-refractivity contribution in [2.75, 3.05) is 46.7 Å². The van der Waals surface area contributed by atoms with E-state index in [0.717, 1.165) is 11.1 Å². The van der Waals surface area contributed by atoms with Crippen molar-refractivity contribution in [1.29, 1.82) is 0 Å². The Morgan fingerprint density at radius 2 is 1.69 bits per heavy atom. The molecule has 4 amide bonds. The van der Waals surface area contributed by atoms with E-state index in [0.29, 0.717) is 42.1 Å². The number of halogens is 3. The minimum Gasteiger partial charge on any atom is -0.358 e. The van der Waals surface area contributed by atoms with Crippen molar-refractivity contribution >= 4 is 46.8 Å². The van der Waals surface area contributed by atoms with Crippen LogP contribution < -0.4 is 20.0 Å². The van der Waals surface area contributed by atoms with Crippen LogP contribution in [0.1, 0.15) is 46.1 Å². The predicted molar refractivity (Wildman–Crippen MR) is 151 cm³/mol. The zero-order valence-electron chi connectivity index (χ0n) is 24.2. The number of ketones is 1. The van der Waals surface area contributed by atoms with E-state index in [1.807, 2.05) is 13.8 Å².